The van der Waals surface area contributed by atoms with Crippen molar-refractivity contribution in [2.75, 3.05) is 0 Å². The molecule has 0 saturated heterocycles. The first kappa shape index (κ1) is 18.0. The number of amides is 1. The third-order valence-corrected chi connectivity index (χ3v) is 3.72. The van der Waals surface area contributed by atoms with E-state index in [1.807, 2.05) is 51.1 Å². The van der Waals surface area contributed by atoms with Crippen LogP contribution in [0.4, 0.5) is 4.39 Å². The molecule has 2 rings (SSSR count). The van der Waals surface area contributed by atoms with Gasteiger partial charge in [0.25, 0.3) is 5.91 Å². The number of para-hydroxylation sites is 1. The standard InChI is InChI=1S/C20H24FNO2/c1-4-17(24-18-13-9-8-12-16(18)21)19(23)22-20(2,3)14-15-10-6-5-7-11-15/h5-13,17H,4,14H2,1-3H3,(H,22,23). The molecule has 1 unspecified atom stereocenters. The summed E-state index contributed by atoms with van der Waals surface area (Å²) in [5, 5.41) is 3.01. The van der Waals surface area contributed by atoms with E-state index in [1.165, 1.54) is 12.1 Å². The van der Waals surface area contributed by atoms with Crippen LogP contribution in [0.2, 0.25) is 0 Å². The van der Waals surface area contributed by atoms with Crippen LogP contribution in [0.1, 0.15) is 32.8 Å². The topological polar surface area (TPSA) is 38.3 Å². The van der Waals surface area contributed by atoms with Gasteiger partial charge in [-0.25, -0.2) is 4.39 Å². The van der Waals surface area contributed by atoms with Crippen LogP contribution in [0.15, 0.2) is 54.6 Å². The molecule has 1 amide bonds. The highest BCUT2D eigenvalue weighted by Crippen LogP contribution is 2.19. The Labute approximate surface area is 142 Å². The predicted molar refractivity (Wildman–Crippen MR) is 93.5 cm³/mol. The summed E-state index contributed by atoms with van der Waals surface area (Å²) in [4.78, 5) is 12.5. The Bertz CT molecular complexity index is 670. The average molecular weight is 329 g/mol. The van der Waals surface area contributed by atoms with Gasteiger partial charge in [0.2, 0.25) is 0 Å². The molecule has 0 saturated carbocycles. The van der Waals surface area contributed by atoms with Gasteiger partial charge in [0.05, 0.1) is 0 Å². The van der Waals surface area contributed by atoms with Gasteiger partial charge in [0.15, 0.2) is 17.7 Å². The van der Waals surface area contributed by atoms with E-state index in [0.717, 1.165) is 5.56 Å². The van der Waals surface area contributed by atoms with Crippen molar-refractivity contribution in [2.24, 2.45) is 0 Å². The number of ether oxygens (including phenoxy) is 1. The SMILES string of the molecule is CCC(Oc1ccccc1F)C(=O)NC(C)(C)Cc1ccccc1. The Balaban J connectivity index is 2.01. The van der Waals surface area contributed by atoms with Gasteiger partial charge in [-0.2, -0.15) is 0 Å². The highest BCUT2D eigenvalue weighted by molar-refractivity contribution is 5.81. The van der Waals surface area contributed by atoms with E-state index in [-0.39, 0.29) is 11.7 Å². The third-order valence-electron chi connectivity index (χ3n) is 3.72. The van der Waals surface area contributed by atoms with Gasteiger partial charge < -0.3 is 10.1 Å². The molecule has 0 aliphatic carbocycles. The first-order valence-corrected chi connectivity index (χ1v) is 8.18. The highest BCUT2D eigenvalue weighted by atomic mass is 19.1. The normalized spacial score (nSPS) is 12.5. The summed E-state index contributed by atoms with van der Waals surface area (Å²) in [5.41, 5.74) is 0.718. The minimum absolute atomic E-state index is 0.0976. The van der Waals surface area contributed by atoms with Gasteiger partial charge >= 0.3 is 0 Å². The number of hydrogen-bond acceptors (Lipinski definition) is 2. The Kier molecular flexibility index (Phi) is 5.96. The lowest BCUT2D eigenvalue weighted by atomic mass is 9.94. The van der Waals surface area contributed by atoms with Gasteiger partial charge in [-0.1, -0.05) is 49.4 Å². The summed E-state index contributed by atoms with van der Waals surface area (Å²) in [6.45, 7) is 5.77. The molecular weight excluding hydrogens is 305 g/mol. The smallest absolute Gasteiger partial charge is 0.261 e. The lowest BCUT2D eigenvalue weighted by Crippen LogP contribution is -2.50. The average Bonchev–Trinajstić information content (AvgIpc) is 2.54. The van der Waals surface area contributed by atoms with Crippen LogP contribution in [-0.4, -0.2) is 17.6 Å². The second kappa shape index (κ2) is 7.95. The number of hydrogen-bond donors (Lipinski definition) is 1. The van der Waals surface area contributed by atoms with Gasteiger partial charge in [0.1, 0.15) is 0 Å². The Morgan fingerprint density at radius 1 is 1.12 bits per heavy atom. The van der Waals surface area contributed by atoms with E-state index in [2.05, 4.69) is 5.32 Å². The maximum absolute atomic E-state index is 13.7. The van der Waals surface area contributed by atoms with E-state index >= 15 is 0 Å². The number of benzene rings is 2. The first-order valence-electron chi connectivity index (χ1n) is 8.18. The summed E-state index contributed by atoms with van der Waals surface area (Å²) in [6.07, 6.45) is 0.439. The maximum Gasteiger partial charge on any atom is 0.261 e. The van der Waals surface area contributed by atoms with Crippen LogP contribution in [0.5, 0.6) is 5.75 Å². The van der Waals surface area contributed by atoms with Crippen LogP contribution in [-0.2, 0) is 11.2 Å². The Hall–Kier alpha value is -2.36. The van der Waals surface area contributed by atoms with Gasteiger partial charge in [-0.3, -0.25) is 4.79 Å². The van der Waals surface area contributed by atoms with Crippen molar-refractivity contribution >= 4 is 5.91 Å². The zero-order chi connectivity index (χ0) is 17.6. The summed E-state index contributed by atoms with van der Waals surface area (Å²) in [6, 6.07) is 16.1. The molecule has 0 aliphatic heterocycles. The van der Waals surface area contributed by atoms with Crippen molar-refractivity contribution in [3.8, 4) is 5.75 Å². The molecule has 0 aliphatic rings. The second-order valence-corrected chi connectivity index (χ2v) is 6.48. The van der Waals surface area contributed by atoms with E-state index in [1.54, 1.807) is 12.1 Å². The lowest BCUT2D eigenvalue weighted by molar-refractivity contribution is -0.129. The van der Waals surface area contributed by atoms with E-state index < -0.39 is 17.5 Å². The predicted octanol–water partition coefficient (Wildman–Crippen LogP) is 4.12. The quantitative estimate of drug-likeness (QED) is 0.830. The molecule has 0 bridgehead atoms. The molecule has 2 aromatic carbocycles. The van der Waals surface area contributed by atoms with Crippen molar-refractivity contribution in [1.82, 2.24) is 5.32 Å². The zero-order valence-electron chi connectivity index (χ0n) is 14.4. The number of halogens is 1. The molecule has 0 fully saturated rings. The molecule has 128 valence electrons. The summed E-state index contributed by atoms with van der Waals surface area (Å²) in [7, 11) is 0. The number of nitrogens with one attached hydrogen (secondary N) is 1. The van der Waals surface area contributed by atoms with E-state index in [4.69, 9.17) is 4.74 Å². The van der Waals surface area contributed by atoms with Crippen molar-refractivity contribution in [1.29, 1.82) is 0 Å². The van der Waals surface area contributed by atoms with Crippen molar-refractivity contribution in [2.45, 2.75) is 45.3 Å². The van der Waals surface area contributed by atoms with Crippen LogP contribution >= 0.6 is 0 Å². The highest BCUT2D eigenvalue weighted by Gasteiger charge is 2.27. The van der Waals surface area contributed by atoms with Crippen molar-refractivity contribution in [3.05, 3.63) is 66.0 Å². The molecule has 0 spiro atoms. The summed E-state index contributed by atoms with van der Waals surface area (Å²) in [5.74, 6) is -0.602. The largest absolute Gasteiger partial charge is 0.478 e. The first-order chi connectivity index (χ1) is 11.4. The fourth-order valence-electron chi connectivity index (χ4n) is 2.58. The minimum atomic E-state index is -0.725. The van der Waals surface area contributed by atoms with E-state index in [9.17, 15) is 9.18 Å². The minimum Gasteiger partial charge on any atom is -0.478 e. The molecule has 0 aromatic heterocycles. The molecule has 1 N–H and O–H groups in total. The van der Waals surface area contributed by atoms with Gasteiger partial charge in [-0.05, 0) is 44.4 Å². The number of carbonyl (C=O) groups is 1. The fraction of sp³-hybridized carbons (Fsp3) is 0.350. The maximum atomic E-state index is 13.7. The molecule has 24 heavy (non-hydrogen) atoms. The lowest BCUT2D eigenvalue weighted by Gasteiger charge is -2.29. The number of rotatable bonds is 7. The fourth-order valence-corrected chi connectivity index (χ4v) is 2.58. The van der Waals surface area contributed by atoms with Crippen LogP contribution in [0.25, 0.3) is 0 Å². The Morgan fingerprint density at radius 2 is 1.75 bits per heavy atom. The number of carbonyl (C=O) groups excluding carboxylic acids is 1. The van der Waals surface area contributed by atoms with Crippen LogP contribution in [0, 0.1) is 5.82 Å². The summed E-state index contributed by atoms with van der Waals surface area (Å²) < 4.78 is 19.3. The molecule has 4 heteroatoms. The molecule has 0 heterocycles. The van der Waals surface area contributed by atoms with Gasteiger partial charge in [-0.15, -0.1) is 0 Å². The van der Waals surface area contributed by atoms with E-state index in [0.29, 0.717) is 12.8 Å². The van der Waals surface area contributed by atoms with Gasteiger partial charge in [0, 0.05) is 5.54 Å². The molecule has 3 nitrogen and oxygen atoms in total. The third kappa shape index (κ3) is 5.08. The molecule has 2 aromatic rings. The molecular formula is C20H24FNO2. The molecule has 0 radical (unpaired) electrons. The monoisotopic (exact) mass is 329 g/mol. The zero-order valence-corrected chi connectivity index (χ0v) is 14.4. The summed E-state index contributed by atoms with van der Waals surface area (Å²) >= 11 is 0. The van der Waals surface area contributed by atoms with Crippen LogP contribution in [0.3, 0.4) is 0 Å². The van der Waals surface area contributed by atoms with Crippen molar-refractivity contribution < 1.29 is 13.9 Å². The van der Waals surface area contributed by atoms with Crippen molar-refractivity contribution in [3.63, 3.8) is 0 Å². The van der Waals surface area contributed by atoms with Crippen LogP contribution < -0.4 is 10.1 Å². The Morgan fingerprint density at radius 3 is 2.38 bits per heavy atom. The molecule has 1 atom stereocenters. The second-order valence-electron chi connectivity index (χ2n) is 6.48.